The average molecular weight is 1020 g/mol. The van der Waals surface area contributed by atoms with Crippen molar-refractivity contribution in [3.05, 3.63) is 301 Å². The first kappa shape index (κ1) is 44.2. The van der Waals surface area contributed by atoms with Gasteiger partial charge in [0.25, 0.3) is 0 Å². The molecule has 0 spiro atoms. The summed E-state index contributed by atoms with van der Waals surface area (Å²) in [6.45, 7) is 0. The molecule has 0 N–H and O–H groups in total. The van der Waals surface area contributed by atoms with Crippen LogP contribution in [0.3, 0.4) is 0 Å². The lowest BCUT2D eigenvalue weighted by atomic mass is 9.67. The number of hydrogen-bond donors (Lipinski definition) is 0. The van der Waals surface area contributed by atoms with Crippen molar-refractivity contribution in [3.63, 3.8) is 0 Å². The van der Waals surface area contributed by atoms with Gasteiger partial charge in [0.15, 0.2) is 5.65 Å². The Morgan fingerprint density at radius 3 is 1.52 bits per heavy atom. The van der Waals surface area contributed by atoms with Crippen molar-refractivity contribution in [2.45, 2.75) is 5.41 Å². The van der Waals surface area contributed by atoms with Gasteiger partial charge in [-0.05, 0) is 146 Å². The molecule has 13 aromatic carbocycles. The van der Waals surface area contributed by atoms with E-state index in [1.54, 1.807) is 0 Å². The zero-order valence-corrected chi connectivity index (χ0v) is 43.7. The van der Waals surface area contributed by atoms with E-state index < -0.39 is 5.41 Å². The predicted molar refractivity (Wildman–Crippen MR) is 335 cm³/mol. The van der Waals surface area contributed by atoms with Gasteiger partial charge in [0.2, 0.25) is 0 Å². The topological polar surface area (TPSA) is 17.3 Å². The Labute approximate surface area is 460 Å². The molecule has 1 aliphatic carbocycles. The highest BCUT2D eigenvalue weighted by Crippen LogP contribution is 2.58. The molecule has 366 valence electrons. The SMILES string of the molecule is c1ccc(C2(c3ccccc3)c3ccccc3-c3c(-c4ccc(-c5ccc(-c6ccc(-c7cc8c9ccc%10ccccc%10c9sc8c8nc9cc%10cc%11ccccc%11cc%10cc9n78)cc6)c6ccccc56)cc4)cccc32)cc1. The summed E-state index contributed by atoms with van der Waals surface area (Å²) in [5.74, 6) is 0. The van der Waals surface area contributed by atoms with Crippen molar-refractivity contribution in [2.24, 2.45) is 0 Å². The summed E-state index contributed by atoms with van der Waals surface area (Å²) in [4.78, 5) is 5.51. The molecule has 3 heteroatoms. The fraction of sp³-hybridized carbons (Fsp3) is 0.0132. The largest absolute Gasteiger partial charge is 0.291 e. The minimum Gasteiger partial charge on any atom is -0.291 e. The van der Waals surface area contributed by atoms with E-state index in [9.17, 15) is 0 Å². The van der Waals surface area contributed by atoms with Crippen molar-refractivity contribution in [3.8, 4) is 55.8 Å². The molecule has 1 aliphatic rings. The zero-order chi connectivity index (χ0) is 51.8. The zero-order valence-electron chi connectivity index (χ0n) is 42.9. The second kappa shape index (κ2) is 17.0. The fourth-order valence-electron chi connectivity index (χ4n) is 13.7. The summed E-state index contributed by atoms with van der Waals surface area (Å²) in [6, 6.07) is 104. The molecule has 3 heterocycles. The van der Waals surface area contributed by atoms with Crippen LogP contribution in [0.1, 0.15) is 22.3 Å². The van der Waals surface area contributed by atoms with Gasteiger partial charge in [0.05, 0.1) is 26.8 Å². The highest BCUT2D eigenvalue weighted by molar-refractivity contribution is 7.27. The van der Waals surface area contributed by atoms with Crippen LogP contribution in [-0.2, 0) is 5.41 Å². The highest BCUT2D eigenvalue weighted by Gasteiger charge is 2.46. The Kier molecular flexibility index (Phi) is 9.54. The Balaban J connectivity index is 0.770. The van der Waals surface area contributed by atoms with Crippen LogP contribution in [0.5, 0.6) is 0 Å². The summed E-state index contributed by atoms with van der Waals surface area (Å²) >= 11 is 1.86. The normalized spacial score (nSPS) is 12.9. The number of imidazole rings is 1. The molecule has 79 heavy (non-hydrogen) atoms. The van der Waals surface area contributed by atoms with Crippen molar-refractivity contribution in [2.75, 3.05) is 0 Å². The van der Waals surface area contributed by atoms with Crippen LogP contribution in [0.15, 0.2) is 279 Å². The van der Waals surface area contributed by atoms with Gasteiger partial charge in [-0.25, -0.2) is 4.98 Å². The van der Waals surface area contributed by atoms with E-state index in [-0.39, 0.29) is 0 Å². The number of benzene rings is 13. The lowest BCUT2D eigenvalue weighted by molar-refractivity contribution is 0.768. The predicted octanol–water partition coefficient (Wildman–Crippen LogP) is 20.5. The molecule has 0 unspecified atom stereocenters. The van der Waals surface area contributed by atoms with E-state index in [0.29, 0.717) is 0 Å². The molecule has 0 atom stereocenters. The Morgan fingerprint density at radius 1 is 0.316 bits per heavy atom. The average Bonchev–Trinajstić information content (AvgIpc) is 4.40. The number of rotatable bonds is 6. The maximum absolute atomic E-state index is 5.51. The van der Waals surface area contributed by atoms with E-state index in [4.69, 9.17) is 4.98 Å². The third-order valence-electron chi connectivity index (χ3n) is 17.2. The maximum Gasteiger partial charge on any atom is 0.156 e. The van der Waals surface area contributed by atoms with Crippen molar-refractivity contribution in [1.29, 1.82) is 0 Å². The smallest absolute Gasteiger partial charge is 0.156 e. The molecule has 0 fully saturated rings. The molecule has 0 radical (unpaired) electrons. The van der Waals surface area contributed by atoms with Crippen LogP contribution in [-0.4, -0.2) is 9.38 Å². The second-order valence-corrected chi connectivity index (χ2v) is 22.3. The molecule has 3 aromatic heterocycles. The molecule has 0 amide bonds. The van der Waals surface area contributed by atoms with Crippen LogP contribution in [0, 0.1) is 0 Å². The van der Waals surface area contributed by atoms with Gasteiger partial charge in [-0.3, -0.25) is 4.40 Å². The molecule has 0 aliphatic heterocycles. The second-order valence-electron chi connectivity index (χ2n) is 21.3. The van der Waals surface area contributed by atoms with Crippen molar-refractivity contribution < 1.29 is 0 Å². The van der Waals surface area contributed by atoms with Gasteiger partial charge < -0.3 is 0 Å². The van der Waals surface area contributed by atoms with Gasteiger partial charge in [-0.1, -0.05) is 249 Å². The van der Waals surface area contributed by atoms with Crippen molar-refractivity contribution in [1.82, 2.24) is 9.38 Å². The number of aromatic nitrogens is 2. The van der Waals surface area contributed by atoms with Gasteiger partial charge in [0.1, 0.15) is 0 Å². The first-order valence-corrected chi connectivity index (χ1v) is 28.1. The number of fused-ring (bicyclic) bond motifs is 15. The molecular formula is C76H46N2S. The molecular weight excluding hydrogens is 973 g/mol. The lowest BCUT2D eigenvalue weighted by Crippen LogP contribution is -2.28. The van der Waals surface area contributed by atoms with E-state index in [0.717, 1.165) is 27.9 Å². The number of hydrogen-bond acceptors (Lipinski definition) is 2. The van der Waals surface area contributed by atoms with Crippen LogP contribution in [0.25, 0.3) is 136 Å². The molecule has 16 aromatic rings. The van der Waals surface area contributed by atoms with Gasteiger partial charge >= 0.3 is 0 Å². The minimum atomic E-state index is -0.442. The monoisotopic (exact) mass is 1020 g/mol. The molecule has 2 nitrogen and oxygen atoms in total. The summed E-state index contributed by atoms with van der Waals surface area (Å²) in [7, 11) is 0. The number of pyridine rings is 1. The minimum absolute atomic E-state index is 0.442. The van der Waals surface area contributed by atoms with E-state index in [2.05, 4.69) is 283 Å². The van der Waals surface area contributed by atoms with Crippen LogP contribution in [0.4, 0.5) is 0 Å². The first-order chi connectivity index (χ1) is 39.2. The Bertz CT molecular complexity index is 5130. The van der Waals surface area contributed by atoms with E-state index in [1.807, 2.05) is 11.3 Å². The summed E-state index contributed by atoms with van der Waals surface area (Å²) < 4.78 is 4.93. The summed E-state index contributed by atoms with van der Waals surface area (Å²) in [5.41, 5.74) is 20.0. The number of nitrogens with zero attached hydrogens (tertiary/aromatic N) is 2. The third kappa shape index (κ3) is 6.48. The van der Waals surface area contributed by atoms with Crippen molar-refractivity contribution >= 4 is 91.3 Å². The van der Waals surface area contributed by atoms with Crippen LogP contribution < -0.4 is 0 Å². The highest BCUT2D eigenvalue weighted by atomic mass is 32.1. The summed E-state index contributed by atoms with van der Waals surface area (Å²) in [5, 5.41) is 12.4. The quantitative estimate of drug-likeness (QED) is 0.152. The van der Waals surface area contributed by atoms with Gasteiger partial charge in [0, 0.05) is 15.5 Å². The van der Waals surface area contributed by atoms with E-state index >= 15 is 0 Å². The van der Waals surface area contributed by atoms with Crippen LogP contribution >= 0.6 is 11.3 Å². The molecule has 0 bridgehead atoms. The van der Waals surface area contributed by atoms with Crippen LogP contribution in [0.2, 0.25) is 0 Å². The Hall–Kier alpha value is -9.93. The maximum atomic E-state index is 5.51. The van der Waals surface area contributed by atoms with Gasteiger partial charge in [-0.15, -0.1) is 11.3 Å². The third-order valence-corrected chi connectivity index (χ3v) is 18.5. The standard InChI is InChI=1S/C76H46N2S/c1-3-19-56(20-4-1)76(57-21-5-2-6-22-57)67-28-14-13-26-65(67)72-60(27-15-29-68(72)76)50-32-30-48(31-33-50)58-40-41-59(63-25-12-11-24-62(58)63)49-34-36-51(37-35-49)70-46-66-64-39-38-47-16-9-10-23-61(47)73(64)79-74(66)75-77-69-44-54-42-52-17-7-8-18-53(52)43-55(54)45-71(69)78(70)75/h1-46H. The molecule has 17 rings (SSSR count). The number of thiophene rings is 1. The molecule has 0 saturated carbocycles. The molecule has 0 saturated heterocycles. The first-order valence-electron chi connectivity index (χ1n) is 27.3. The summed E-state index contributed by atoms with van der Waals surface area (Å²) in [6.07, 6.45) is 0. The van der Waals surface area contributed by atoms with Gasteiger partial charge in [-0.2, -0.15) is 0 Å². The lowest BCUT2D eigenvalue weighted by Gasteiger charge is -2.34. The fourth-order valence-corrected chi connectivity index (χ4v) is 15.0. The van der Waals surface area contributed by atoms with E-state index in [1.165, 1.54) is 130 Å². The Morgan fingerprint density at radius 2 is 0.848 bits per heavy atom.